The fraction of sp³-hybridized carbons (Fsp3) is 0.474. The third-order valence-electron chi connectivity index (χ3n) is 4.73. The molecule has 0 saturated carbocycles. The summed E-state index contributed by atoms with van der Waals surface area (Å²) in [5, 5.41) is 26.4. The zero-order valence-corrected chi connectivity index (χ0v) is 17.1. The van der Waals surface area contributed by atoms with E-state index in [9.17, 15) is 18.7 Å². The third-order valence-corrected chi connectivity index (χ3v) is 5.77. The van der Waals surface area contributed by atoms with Gasteiger partial charge in [-0.1, -0.05) is 47.7 Å². The van der Waals surface area contributed by atoms with E-state index in [0.29, 0.717) is 24.7 Å². The lowest BCUT2D eigenvalue weighted by Crippen LogP contribution is -2.35. The number of hydrogen-bond donors (Lipinski definition) is 3. The van der Waals surface area contributed by atoms with Crippen LogP contribution >= 0.6 is 11.8 Å². The van der Waals surface area contributed by atoms with Crippen LogP contribution in [0.2, 0.25) is 0 Å². The average Bonchev–Trinajstić information content (AvgIpc) is 3.39. The Kier molecular flexibility index (Phi) is 7.75. The second-order valence-corrected chi connectivity index (χ2v) is 7.96. The van der Waals surface area contributed by atoms with E-state index in [-0.39, 0.29) is 17.6 Å². The highest BCUT2D eigenvalue weighted by Crippen LogP contribution is 2.32. The molecule has 0 spiro atoms. The van der Waals surface area contributed by atoms with Crippen molar-refractivity contribution in [3.05, 3.63) is 53.9 Å². The highest BCUT2D eigenvalue weighted by Gasteiger charge is 2.39. The Labute approximate surface area is 177 Å². The number of H-pyrrole nitrogens is 1. The maximum Gasteiger partial charge on any atom is 0.318 e. The summed E-state index contributed by atoms with van der Waals surface area (Å²) in [5.41, 5.74) is -0.252. The molecule has 1 saturated heterocycles. The van der Waals surface area contributed by atoms with Crippen LogP contribution in [0, 0.1) is 0 Å². The molecule has 3 N–H and O–H groups in total. The predicted molar refractivity (Wildman–Crippen MR) is 109 cm³/mol. The largest absolute Gasteiger partial charge is 0.382 e. The number of aromatic nitrogens is 4. The fourth-order valence-corrected chi connectivity index (χ4v) is 3.93. The van der Waals surface area contributed by atoms with Crippen molar-refractivity contribution in [2.45, 2.75) is 36.7 Å². The van der Waals surface area contributed by atoms with E-state index in [1.165, 1.54) is 30.3 Å². The van der Waals surface area contributed by atoms with Gasteiger partial charge in [0.1, 0.15) is 6.10 Å². The van der Waals surface area contributed by atoms with Gasteiger partial charge in [-0.15, -0.1) is 10.2 Å². The molecule has 1 fully saturated rings. The number of aliphatic hydroxyl groups is 1. The average molecular weight is 439 g/mol. The number of thioether (sulfide) groups is 1. The van der Waals surface area contributed by atoms with Crippen molar-refractivity contribution in [2.75, 3.05) is 18.8 Å². The molecule has 0 aliphatic carbocycles. The van der Waals surface area contributed by atoms with Gasteiger partial charge >= 0.3 is 12.0 Å². The fourth-order valence-electron chi connectivity index (χ4n) is 3.07. The van der Waals surface area contributed by atoms with E-state index < -0.39 is 12.0 Å². The second-order valence-electron chi connectivity index (χ2n) is 6.85. The van der Waals surface area contributed by atoms with Crippen molar-refractivity contribution in [1.82, 2.24) is 30.8 Å². The van der Waals surface area contributed by atoms with Crippen molar-refractivity contribution in [1.29, 1.82) is 0 Å². The van der Waals surface area contributed by atoms with E-state index in [1.807, 2.05) is 0 Å². The molecule has 0 bridgehead atoms. The lowest BCUT2D eigenvalue weighted by Gasteiger charge is -2.23. The number of hydrogen-bond acceptors (Lipinski definition) is 6. The summed E-state index contributed by atoms with van der Waals surface area (Å²) >= 11 is 1.68. The van der Waals surface area contributed by atoms with Crippen molar-refractivity contribution in [3.63, 3.8) is 0 Å². The van der Waals surface area contributed by atoms with Gasteiger partial charge in [-0.3, -0.25) is 0 Å². The number of nitrogens with one attached hydrogen (secondary N) is 2. The monoisotopic (exact) mass is 438 g/mol. The number of carbonyl (C=O) groups is 1. The Morgan fingerprint density at radius 3 is 2.87 bits per heavy atom. The number of tetrazole rings is 1. The molecule has 2 atom stereocenters. The van der Waals surface area contributed by atoms with Crippen LogP contribution in [0.3, 0.4) is 0 Å². The normalized spacial score (nSPS) is 18.2. The van der Waals surface area contributed by atoms with Crippen LogP contribution in [0.1, 0.15) is 24.2 Å². The van der Waals surface area contributed by atoms with Gasteiger partial charge in [-0.05, 0) is 18.6 Å². The number of carbonyl (C=O) groups excluding carboxylic acids is 1. The number of benzene rings is 1. The van der Waals surface area contributed by atoms with Gasteiger partial charge in [0.05, 0.1) is 11.8 Å². The number of unbranched alkanes of at least 4 members (excludes halogenated alkanes) is 1. The quantitative estimate of drug-likeness (QED) is 0.367. The number of aliphatic hydroxyl groups excluding tert-OH is 1. The van der Waals surface area contributed by atoms with E-state index in [2.05, 4.69) is 25.9 Å². The topological polar surface area (TPSA) is 107 Å². The number of nitrogens with zero attached hydrogens (tertiary/aromatic N) is 4. The lowest BCUT2D eigenvalue weighted by atomic mass is 10.0. The molecule has 1 unspecified atom stereocenters. The Balaban J connectivity index is 1.45. The van der Waals surface area contributed by atoms with Gasteiger partial charge in [-0.25, -0.2) is 4.79 Å². The van der Waals surface area contributed by atoms with Crippen LogP contribution < -0.4 is 5.32 Å². The van der Waals surface area contributed by atoms with Crippen molar-refractivity contribution >= 4 is 17.8 Å². The summed E-state index contributed by atoms with van der Waals surface area (Å²) in [6.07, 6.45) is 2.24. The number of aromatic amines is 1. The Morgan fingerprint density at radius 1 is 1.33 bits per heavy atom. The van der Waals surface area contributed by atoms with Crippen LogP contribution in [0.25, 0.3) is 0 Å². The number of alkyl halides is 2. The number of urea groups is 1. The van der Waals surface area contributed by atoms with Gasteiger partial charge in [0, 0.05) is 18.7 Å². The van der Waals surface area contributed by atoms with Crippen LogP contribution in [0.15, 0.2) is 42.5 Å². The standard InChI is InChI=1S/C19H24F2N6O2S/c20-19(21,14-6-2-1-3-7-14)16(28)9-8-15-12-22-18(29)27(15)10-4-5-11-30-13-17-23-25-26-24-17/h1-3,6-9,15-16,28H,4-5,10-13H2,(H,22,29)(H,23,24,25,26)/t15-,16?/m0/s1. The summed E-state index contributed by atoms with van der Waals surface area (Å²) in [6.45, 7) is 0.834. The SMILES string of the molecule is O=C1NC[C@H](C=CC(O)C(F)(F)c2ccccc2)N1CCCCSCc1nn[nH]n1. The Morgan fingerprint density at radius 2 is 2.13 bits per heavy atom. The van der Waals surface area contributed by atoms with Crippen LogP contribution in [-0.4, -0.2) is 67.6 Å². The number of rotatable bonds is 11. The molecule has 2 heterocycles. The first kappa shape index (κ1) is 22.2. The summed E-state index contributed by atoms with van der Waals surface area (Å²) in [7, 11) is 0. The molecule has 8 nitrogen and oxygen atoms in total. The third kappa shape index (κ3) is 5.76. The van der Waals surface area contributed by atoms with Gasteiger partial charge in [0.25, 0.3) is 0 Å². The molecular formula is C19H24F2N6O2S. The summed E-state index contributed by atoms with van der Waals surface area (Å²) in [6, 6.07) is 6.60. The van der Waals surface area contributed by atoms with Crippen LogP contribution in [0.4, 0.5) is 13.6 Å². The molecule has 2 aromatic rings. The van der Waals surface area contributed by atoms with Crippen molar-refractivity contribution in [2.24, 2.45) is 0 Å². The highest BCUT2D eigenvalue weighted by molar-refractivity contribution is 7.98. The number of halogens is 2. The highest BCUT2D eigenvalue weighted by atomic mass is 32.2. The zero-order chi connectivity index (χ0) is 21.4. The smallest absolute Gasteiger partial charge is 0.318 e. The number of amides is 2. The molecule has 1 aromatic carbocycles. The maximum atomic E-state index is 14.4. The summed E-state index contributed by atoms with van der Waals surface area (Å²) < 4.78 is 28.8. The van der Waals surface area contributed by atoms with Crippen LogP contribution in [-0.2, 0) is 11.7 Å². The van der Waals surface area contributed by atoms with Gasteiger partial charge < -0.3 is 15.3 Å². The molecule has 30 heavy (non-hydrogen) atoms. The molecule has 0 radical (unpaired) electrons. The molecule has 3 rings (SSSR count). The Hall–Kier alpha value is -2.53. The molecule has 1 aliphatic heterocycles. The van der Waals surface area contributed by atoms with Gasteiger partial charge in [0.2, 0.25) is 0 Å². The minimum Gasteiger partial charge on any atom is -0.382 e. The first-order valence-corrected chi connectivity index (χ1v) is 10.8. The van der Waals surface area contributed by atoms with E-state index >= 15 is 0 Å². The van der Waals surface area contributed by atoms with Gasteiger partial charge in [-0.2, -0.15) is 25.8 Å². The van der Waals surface area contributed by atoms with Crippen LogP contribution in [0.5, 0.6) is 0 Å². The van der Waals surface area contributed by atoms with E-state index in [4.69, 9.17) is 0 Å². The zero-order valence-electron chi connectivity index (χ0n) is 16.2. The molecular weight excluding hydrogens is 414 g/mol. The Bertz CT molecular complexity index is 822. The molecule has 1 aromatic heterocycles. The summed E-state index contributed by atoms with van der Waals surface area (Å²) in [5.74, 6) is -1.21. The predicted octanol–water partition coefficient (Wildman–Crippen LogP) is 2.32. The van der Waals surface area contributed by atoms with E-state index in [0.717, 1.165) is 24.7 Å². The van der Waals surface area contributed by atoms with Crippen molar-refractivity contribution < 1.29 is 18.7 Å². The minimum absolute atomic E-state index is 0.228. The molecule has 2 amide bonds. The van der Waals surface area contributed by atoms with E-state index in [1.54, 1.807) is 22.7 Å². The first-order chi connectivity index (χ1) is 14.5. The lowest BCUT2D eigenvalue weighted by molar-refractivity contribution is -0.0929. The van der Waals surface area contributed by atoms with Crippen molar-refractivity contribution in [3.8, 4) is 0 Å². The maximum absolute atomic E-state index is 14.4. The minimum atomic E-state index is -3.41. The molecule has 11 heteroatoms. The molecule has 1 aliphatic rings. The first-order valence-electron chi connectivity index (χ1n) is 9.62. The van der Waals surface area contributed by atoms with Gasteiger partial charge in [0.15, 0.2) is 5.82 Å². The second kappa shape index (κ2) is 10.5. The molecule has 162 valence electrons. The summed E-state index contributed by atoms with van der Waals surface area (Å²) in [4.78, 5) is 13.7.